The monoisotopic (exact) mass is 534 g/mol. The smallest absolute Gasteiger partial charge is 0.481 e. The fraction of sp³-hybridized carbons (Fsp3) is 0.500. The minimum absolute atomic E-state index is 0.0298. The first-order valence-electron chi connectivity index (χ1n) is 9.26. The largest absolute Gasteiger partial charge is 0.490 e. The topological polar surface area (TPSA) is 150 Å². The Bertz CT molecular complexity index is 910. The van der Waals surface area contributed by atoms with E-state index in [0.717, 1.165) is 5.56 Å². The third-order valence-electron chi connectivity index (χ3n) is 3.51. The molecule has 1 aromatic rings. The van der Waals surface area contributed by atoms with Crippen molar-refractivity contribution in [3.63, 3.8) is 0 Å². The van der Waals surface area contributed by atoms with Gasteiger partial charge in [-0.1, -0.05) is 33.7 Å². The van der Waals surface area contributed by atoms with E-state index >= 15 is 0 Å². The summed E-state index contributed by atoms with van der Waals surface area (Å²) in [6.45, 7) is 4.03. The lowest BCUT2D eigenvalue weighted by atomic mass is 10.2. The van der Waals surface area contributed by atoms with Crippen molar-refractivity contribution in [3.05, 3.63) is 29.3 Å². The third-order valence-corrected chi connectivity index (χ3v) is 7.52. The van der Waals surface area contributed by atoms with E-state index in [-0.39, 0.29) is 30.2 Å². The summed E-state index contributed by atoms with van der Waals surface area (Å²) in [6.07, 6.45) is -4.91. The second kappa shape index (κ2) is 15.0. The highest BCUT2D eigenvalue weighted by Gasteiger charge is 2.38. The second-order valence-corrected chi connectivity index (χ2v) is 10.8. The lowest BCUT2D eigenvalue weighted by molar-refractivity contribution is -0.192. The Morgan fingerprint density at radius 1 is 1.00 bits per heavy atom. The van der Waals surface area contributed by atoms with Crippen molar-refractivity contribution in [2.45, 2.75) is 37.8 Å². The molecule has 4 N–H and O–H groups in total. The molecule has 0 aliphatic heterocycles. The lowest BCUT2D eigenvalue weighted by Gasteiger charge is -2.10. The zero-order valence-corrected chi connectivity index (χ0v) is 20.2. The molecule has 1 aromatic carbocycles. The zero-order chi connectivity index (χ0) is 25.7. The molecule has 0 fully saturated rings. The summed E-state index contributed by atoms with van der Waals surface area (Å²) in [5.41, 5.74) is 1.51. The molecule has 0 aromatic heterocycles. The summed E-state index contributed by atoms with van der Waals surface area (Å²) >= 11 is 0. The number of alkyl halides is 3. The van der Waals surface area contributed by atoms with Gasteiger partial charge in [-0.15, -0.1) is 0 Å². The number of sulfonamides is 1. The number of halogens is 3. The second-order valence-electron chi connectivity index (χ2n) is 6.36. The number of carbonyl (C=O) groups excluding carboxylic acids is 1. The number of amides is 1. The van der Waals surface area contributed by atoms with Crippen LogP contribution < -0.4 is 10.0 Å². The molecule has 0 atom stereocenters. The highest BCUT2D eigenvalue weighted by atomic mass is 33.1. The summed E-state index contributed by atoms with van der Waals surface area (Å²) in [7, 11) is -0.697. The molecule has 0 spiro atoms. The van der Waals surface area contributed by atoms with Crippen LogP contribution in [0.2, 0.25) is 0 Å². The maximum Gasteiger partial charge on any atom is 0.490 e. The minimum Gasteiger partial charge on any atom is -0.481 e. The number of hydrogen-bond acceptors (Lipinski definition) is 7. The predicted molar refractivity (Wildman–Crippen MR) is 120 cm³/mol. The van der Waals surface area contributed by atoms with E-state index < -0.39 is 28.1 Å². The van der Waals surface area contributed by atoms with E-state index in [1.807, 2.05) is 13.0 Å². The highest BCUT2D eigenvalue weighted by molar-refractivity contribution is 8.76. The Morgan fingerprint density at radius 3 is 2.12 bits per heavy atom. The van der Waals surface area contributed by atoms with E-state index in [0.29, 0.717) is 23.6 Å². The van der Waals surface area contributed by atoms with Crippen molar-refractivity contribution >= 4 is 49.5 Å². The SMILES string of the molecule is Cc1ccc(C)c(S(=O)(=O)NCCC(=O)NCCSSCCC(=O)O)c1.O=C(O)C(F)(F)F. The molecule has 1 amide bonds. The molecular formula is C18H25F3N2O7S3. The Hall–Kier alpha value is -1.97. The van der Waals surface area contributed by atoms with Gasteiger partial charge in [0.15, 0.2) is 0 Å². The molecule has 0 heterocycles. The van der Waals surface area contributed by atoms with E-state index in [4.69, 9.17) is 15.0 Å². The Kier molecular flexibility index (Phi) is 14.1. The molecule has 0 saturated carbocycles. The molecule has 188 valence electrons. The molecule has 0 aliphatic carbocycles. The van der Waals surface area contributed by atoms with Gasteiger partial charge in [-0.3, -0.25) is 9.59 Å². The van der Waals surface area contributed by atoms with E-state index in [2.05, 4.69) is 10.0 Å². The highest BCUT2D eigenvalue weighted by Crippen LogP contribution is 2.21. The van der Waals surface area contributed by atoms with Gasteiger partial charge in [0.1, 0.15) is 0 Å². The molecule has 0 aliphatic rings. The van der Waals surface area contributed by atoms with Gasteiger partial charge in [-0.05, 0) is 31.0 Å². The van der Waals surface area contributed by atoms with Gasteiger partial charge < -0.3 is 15.5 Å². The van der Waals surface area contributed by atoms with Crippen LogP contribution in [0.3, 0.4) is 0 Å². The summed E-state index contributed by atoms with van der Waals surface area (Å²) in [5.74, 6) is -2.63. The van der Waals surface area contributed by atoms with Gasteiger partial charge >= 0.3 is 18.1 Å². The van der Waals surface area contributed by atoms with Crippen LogP contribution in [0.1, 0.15) is 24.0 Å². The van der Waals surface area contributed by atoms with Crippen LogP contribution in [-0.2, 0) is 24.4 Å². The maximum absolute atomic E-state index is 12.3. The molecule has 1 rings (SSSR count). The van der Waals surface area contributed by atoms with Crippen LogP contribution >= 0.6 is 21.6 Å². The Labute approximate surface area is 197 Å². The third kappa shape index (κ3) is 14.7. The molecule has 0 radical (unpaired) electrons. The van der Waals surface area contributed by atoms with E-state index in [1.165, 1.54) is 21.6 Å². The minimum atomic E-state index is -5.08. The van der Waals surface area contributed by atoms with Crippen LogP contribution in [0.25, 0.3) is 0 Å². The number of carbonyl (C=O) groups is 3. The van der Waals surface area contributed by atoms with Gasteiger partial charge in [-0.2, -0.15) is 13.2 Å². The number of carboxylic acids is 2. The summed E-state index contributed by atoms with van der Waals surface area (Å²) in [6, 6.07) is 5.21. The number of carboxylic acid groups (broad SMARTS) is 2. The fourth-order valence-corrected chi connectivity index (χ4v) is 5.19. The number of benzene rings is 1. The van der Waals surface area contributed by atoms with Crippen LogP contribution in [0.5, 0.6) is 0 Å². The van der Waals surface area contributed by atoms with Crippen molar-refractivity contribution in [1.82, 2.24) is 10.0 Å². The first kappa shape index (κ1) is 31.0. The molecule has 0 unspecified atom stereocenters. The van der Waals surface area contributed by atoms with Gasteiger partial charge in [-0.25, -0.2) is 17.9 Å². The summed E-state index contributed by atoms with van der Waals surface area (Å²) in [5, 5.41) is 18.3. The van der Waals surface area contributed by atoms with E-state index in [9.17, 15) is 31.2 Å². The molecular weight excluding hydrogens is 509 g/mol. The van der Waals surface area contributed by atoms with Crippen molar-refractivity contribution in [3.8, 4) is 0 Å². The fourth-order valence-electron chi connectivity index (χ4n) is 1.94. The summed E-state index contributed by atoms with van der Waals surface area (Å²) < 4.78 is 58.8. The maximum atomic E-state index is 12.3. The molecule has 15 heteroatoms. The molecule has 0 saturated heterocycles. The lowest BCUT2D eigenvalue weighted by Crippen LogP contribution is -2.32. The first-order valence-corrected chi connectivity index (χ1v) is 13.2. The first-order chi connectivity index (χ1) is 15.2. The molecule has 0 bridgehead atoms. The average Bonchev–Trinajstić information content (AvgIpc) is 2.68. The van der Waals surface area contributed by atoms with Gasteiger partial charge in [0.05, 0.1) is 11.3 Å². The molecule has 9 nitrogen and oxygen atoms in total. The van der Waals surface area contributed by atoms with Crippen LogP contribution in [0, 0.1) is 13.8 Å². The average molecular weight is 535 g/mol. The number of aliphatic carboxylic acids is 2. The molecule has 33 heavy (non-hydrogen) atoms. The van der Waals surface area contributed by atoms with Crippen molar-refractivity contribution < 1.29 is 46.2 Å². The number of rotatable bonds is 12. The van der Waals surface area contributed by atoms with Crippen molar-refractivity contribution in [2.75, 3.05) is 24.6 Å². The Balaban J connectivity index is 0.00000126. The van der Waals surface area contributed by atoms with Gasteiger partial charge in [0.25, 0.3) is 0 Å². The Morgan fingerprint density at radius 2 is 1.58 bits per heavy atom. The van der Waals surface area contributed by atoms with Crippen LogP contribution in [-0.4, -0.2) is 67.2 Å². The van der Waals surface area contributed by atoms with Gasteiger partial charge in [0, 0.05) is 31.0 Å². The number of nitrogens with one attached hydrogen (secondary N) is 2. The van der Waals surface area contributed by atoms with Crippen LogP contribution in [0.15, 0.2) is 23.1 Å². The van der Waals surface area contributed by atoms with Crippen molar-refractivity contribution in [1.29, 1.82) is 0 Å². The summed E-state index contributed by atoms with van der Waals surface area (Å²) in [4.78, 5) is 31.2. The number of aryl methyl sites for hydroxylation is 2. The van der Waals surface area contributed by atoms with Crippen molar-refractivity contribution in [2.24, 2.45) is 0 Å². The standard InChI is InChI=1S/C16H24N2O5S3.C2HF3O2/c1-12-3-4-13(2)14(11-12)26(22,23)18-7-5-15(19)17-8-10-25-24-9-6-16(20)21;3-2(4,5)1(6)7/h3-4,11,18H,5-10H2,1-2H3,(H,17,19)(H,20,21);(H,6,7). The predicted octanol–water partition coefficient (Wildman–Crippen LogP) is 2.58. The van der Waals surface area contributed by atoms with Crippen LogP contribution in [0.4, 0.5) is 13.2 Å². The zero-order valence-electron chi connectivity index (χ0n) is 17.8. The quantitative estimate of drug-likeness (QED) is 0.234. The van der Waals surface area contributed by atoms with Gasteiger partial charge in [0.2, 0.25) is 15.9 Å². The normalized spacial score (nSPS) is 11.3. The number of hydrogen-bond donors (Lipinski definition) is 4. The van der Waals surface area contributed by atoms with E-state index in [1.54, 1.807) is 19.1 Å².